The number of hydrogen-bond acceptors (Lipinski definition) is 4. The fourth-order valence-corrected chi connectivity index (χ4v) is 4.72. The molecule has 0 rings (SSSR count). The van der Waals surface area contributed by atoms with Gasteiger partial charge < -0.3 is 9.66 Å². The van der Waals surface area contributed by atoms with Crippen LogP contribution in [0.25, 0.3) is 0 Å². The normalized spacial score (nSPS) is 13.8. The average Bonchev–Trinajstić information content (AvgIpc) is 2.64. The van der Waals surface area contributed by atoms with Crippen molar-refractivity contribution in [3.05, 3.63) is 0 Å². The fraction of sp³-hybridized carbons (Fsp3) is 1.00. The Hall–Kier alpha value is 1.51. The molecule has 0 aliphatic carbocycles. The second-order valence-electron chi connectivity index (χ2n) is 8.52. The predicted molar refractivity (Wildman–Crippen MR) is 119 cm³/mol. The van der Waals surface area contributed by atoms with Gasteiger partial charge in [-0.25, -0.2) is 8.42 Å². The maximum atomic E-state index is 11.5. The van der Waals surface area contributed by atoms with E-state index in [0.29, 0.717) is 12.8 Å². The van der Waals surface area contributed by atoms with Gasteiger partial charge in [0.2, 0.25) is 0 Å². The number of aliphatic hydroxyl groups excluding tert-OH is 1. The standard InChI is InChI=1S/C23H48O4S.K/c1-3-5-7-8-9-10-13-16-20-23(28(25,26)27)21-17-14-11-12-15-19-22(24)18-6-4-2;/h22-24H,3-21H2,1-2H3,(H,25,26,27);/q;+1/p-1. The molecule has 0 aromatic rings. The molecule has 4 nitrogen and oxygen atoms in total. The molecule has 0 aliphatic rings. The molecular weight excluding hydrogens is 411 g/mol. The molecule has 0 bridgehead atoms. The Morgan fingerprint density at radius 2 is 0.966 bits per heavy atom. The minimum atomic E-state index is -4.17. The molecule has 0 heterocycles. The smallest absolute Gasteiger partial charge is 0.748 e. The van der Waals surface area contributed by atoms with Gasteiger partial charge in [0.05, 0.1) is 16.2 Å². The van der Waals surface area contributed by atoms with Crippen molar-refractivity contribution >= 4 is 10.1 Å². The molecule has 29 heavy (non-hydrogen) atoms. The van der Waals surface area contributed by atoms with Crippen molar-refractivity contribution in [3.63, 3.8) is 0 Å². The van der Waals surface area contributed by atoms with E-state index in [2.05, 4.69) is 13.8 Å². The van der Waals surface area contributed by atoms with E-state index in [9.17, 15) is 18.1 Å². The van der Waals surface area contributed by atoms with Crippen LogP contribution in [0.2, 0.25) is 0 Å². The molecule has 0 saturated carbocycles. The molecule has 1 N–H and O–H groups in total. The zero-order valence-corrected chi connectivity index (χ0v) is 23.6. The van der Waals surface area contributed by atoms with Crippen molar-refractivity contribution in [1.29, 1.82) is 0 Å². The first-order chi connectivity index (χ1) is 13.4. The topological polar surface area (TPSA) is 77.4 Å². The van der Waals surface area contributed by atoms with Crippen LogP contribution in [-0.4, -0.2) is 29.4 Å². The van der Waals surface area contributed by atoms with Crippen molar-refractivity contribution < 1.29 is 69.5 Å². The molecule has 0 aromatic heterocycles. The first-order valence-electron chi connectivity index (χ1n) is 12.0. The van der Waals surface area contributed by atoms with Gasteiger partial charge in [-0.1, -0.05) is 110 Å². The van der Waals surface area contributed by atoms with E-state index in [0.717, 1.165) is 77.0 Å². The quantitative estimate of drug-likeness (QED) is 0.162. The molecule has 170 valence electrons. The predicted octanol–water partition coefficient (Wildman–Crippen LogP) is 3.72. The van der Waals surface area contributed by atoms with E-state index in [4.69, 9.17) is 0 Å². The van der Waals surface area contributed by atoms with E-state index in [1.54, 1.807) is 0 Å². The van der Waals surface area contributed by atoms with Crippen molar-refractivity contribution in [2.45, 2.75) is 147 Å². The van der Waals surface area contributed by atoms with Gasteiger partial charge in [0, 0.05) is 5.25 Å². The molecule has 6 heteroatoms. The van der Waals surface area contributed by atoms with Crippen LogP contribution in [-0.2, 0) is 10.1 Å². The second-order valence-corrected chi connectivity index (χ2v) is 10.2. The van der Waals surface area contributed by atoms with Crippen LogP contribution in [0, 0.1) is 0 Å². The molecule has 0 saturated heterocycles. The molecule has 0 amide bonds. The maximum absolute atomic E-state index is 11.5. The van der Waals surface area contributed by atoms with Crippen LogP contribution in [0.1, 0.15) is 136 Å². The third-order valence-corrected chi connectivity index (χ3v) is 7.03. The van der Waals surface area contributed by atoms with E-state index >= 15 is 0 Å². The number of hydrogen-bond donors (Lipinski definition) is 1. The first kappa shape index (κ1) is 32.7. The monoisotopic (exact) mass is 458 g/mol. The molecule has 2 unspecified atom stereocenters. The van der Waals surface area contributed by atoms with Crippen LogP contribution in [0.4, 0.5) is 0 Å². The van der Waals surface area contributed by atoms with Gasteiger partial charge in [0.15, 0.2) is 0 Å². The van der Waals surface area contributed by atoms with Crippen LogP contribution < -0.4 is 51.4 Å². The van der Waals surface area contributed by atoms with E-state index < -0.39 is 15.4 Å². The summed E-state index contributed by atoms with van der Waals surface area (Å²) >= 11 is 0. The number of aliphatic hydroxyl groups is 1. The zero-order chi connectivity index (χ0) is 21.1. The van der Waals surface area contributed by atoms with E-state index in [1.807, 2.05) is 0 Å². The van der Waals surface area contributed by atoms with Gasteiger partial charge >= 0.3 is 51.4 Å². The van der Waals surface area contributed by atoms with Crippen molar-refractivity contribution in [2.75, 3.05) is 0 Å². The summed E-state index contributed by atoms with van der Waals surface area (Å²) in [5, 5.41) is 9.13. The Morgan fingerprint density at radius 1 is 0.621 bits per heavy atom. The summed E-state index contributed by atoms with van der Waals surface area (Å²) in [5.74, 6) is 0. The van der Waals surface area contributed by atoms with Crippen LogP contribution >= 0.6 is 0 Å². The van der Waals surface area contributed by atoms with Crippen molar-refractivity contribution in [1.82, 2.24) is 0 Å². The zero-order valence-electron chi connectivity index (χ0n) is 19.7. The summed E-state index contributed by atoms with van der Waals surface area (Å²) in [6.07, 6.45) is 19.2. The number of rotatable bonds is 21. The Morgan fingerprint density at radius 3 is 1.38 bits per heavy atom. The minimum Gasteiger partial charge on any atom is -0.748 e. The van der Waals surface area contributed by atoms with Gasteiger partial charge in [0.25, 0.3) is 0 Å². The van der Waals surface area contributed by atoms with Crippen LogP contribution in [0.5, 0.6) is 0 Å². The van der Waals surface area contributed by atoms with Crippen LogP contribution in [0.3, 0.4) is 0 Å². The van der Waals surface area contributed by atoms with Crippen LogP contribution in [0.15, 0.2) is 0 Å². The maximum Gasteiger partial charge on any atom is 1.00 e. The first-order valence-corrected chi connectivity index (χ1v) is 13.5. The molecule has 0 spiro atoms. The van der Waals surface area contributed by atoms with Gasteiger partial charge in [-0.2, -0.15) is 0 Å². The van der Waals surface area contributed by atoms with Gasteiger partial charge in [-0.05, 0) is 25.7 Å². The van der Waals surface area contributed by atoms with Gasteiger partial charge in [-0.3, -0.25) is 0 Å². The SMILES string of the molecule is CCCCCCCCCCC(CCCCCCCC(O)CCCC)S(=O)(=O)[O-].[K+]. The summed E-state index contributed by atoms with van der Waals surface area (Å²) in [7, 11) is -4.17. The largest absolute Gasteiger partial charge is 1.00 e. The van der Waals surface area contributed by atoms with Crippen molar-refractivity contribution in [2.24, 2.45) is 0 Å². The molecule has 0 aliphatic heterocycles. The van der Waals surface area contributed by atoms with Crippen molar-refractivity contribution in [3.8, 4) is 0 Å². The van der Waals surface area contributed by atoms with Gasteiger partial charge in [0.1, 0.15) is 0 Å². The Bertz CT molecular complexity index is 429. The molecular formula is C23H47KO4S. The minimum absolute atomic E-state index is 0. The Labute approximate surface area is 224 Å². The Balaban J connectivity index is 0. The summed E-state index contributed by atoms with van der Waals surface area (Å²) in [5.41, 5.74) is 0. The fourth-order valence-electron chi connectivity index (χ4n) is 3.81. The summed E-state index contributed by atoms with van der Waals surface area (Å²) in [6.45, 7) is 4.35. The summed E-state index contributed by atoms with van der Waals surface area (Å²) in [6, 6.07) is 0. The third-order valence-electron chi connectivity index (χ3n) is 5.74. The summed E-state index contributed by atoms with van der Waals surface area (Å²) < 4.78 is 34.5. The molecule has 0 aromatic carbocycles. The average molecular weight is 459 g/mol. The van der Waals surface area contributed by atoms with E-state index in [-0.39, 0.29) is 57.5 Å². The number of unbranched alkanes of at least 4 members (excludes halogenated alkanes) is 12. The molecule has 2 atom stereocenters. The molecule has 0 radical (unpaired) electrons. The summed E-state index contributed by atoms with van der Waals surface area (Å²) in [4.78, 5) is 0. The Kier molecular flexibility index (Phi) is 25.6. The second kappa shape index (κ2) is 22.7. The van der Waals surface area contributed by atoms with E-state index in [1.165, 1.54) is 32.1 Å². The molecule has 0 fully saturated rings. The third kappa shape index (κ3) is 22.5. The van der Waals surface area contributed by atoms with Gasteiger partial charge in [-0.15, -0.1) is 0 Å².